The molecule has 0 aromatic heterocycles. The molecule has 0 bridgehead atoms. The van der Waals surface area contributed by atoms with E-state index in [0.717, 1.165) is 19.3 Å². The first kappa shape index (κ1) is 22.3. The Morgan fingerprint density at radius 2 is 1.55 bits per heavy atom. The first-order valence-electron chi connectivity index (χ1n) is 10.5. The van der Waals surface area contributed by atoms with Gasteiger partial charge in [0.25, 0.3) is 11.8 Å². The van der Waals surface area contributed by atoms with Crippen LogP contribution in [0, 0.1) is 0 Å². The van der Waals surface area contributed by atoms with Gasteiger partial charge in [-0.3, -0.25) is 14.4 Å². The molecular weight excluding hydrogens is 396 g/mol. The molecule has 1 N–H and O–H groups in total. The van der Waals surface area contributed by atoms with Crippen LogP contribution in [0.25, 0.3) is 0 Å². The van der Waals surface area contributed by atoms with Crippen LogP contribution in [0.4, 0.5) is 0 Å². The Bertz CT molecular complexity index is 888. The van der Waals surface area contributed by atoms with Crippen LogP contribution in [0.2, 0.25) is 0 Å². The average molecular weight is 424 g/mol. The number of ether oxygens (including phenoxy) is 2. The number of nitrogens with one attached hydrogen (secondary N) is 1. The maximum absolute atomic E-state index is 12.4. The number of benzene rings is 2. The number of hydrogen-bond donors (Lipinski definition) is 1. The Morgan fingerprint density at radius 3 is 2.19 bits per heavy atom. The molecule has 7 heteroatoms. The van der Waals surface area contributed by atoms with Crippen molar-refractivity contribution in [1.29, 1.82) is 0 Å². The van der Waals surface area contributed by atoms with Gasteiger partial charge in [-0.15, -0.1) is 0 Å². The summed E-state index contributed by atoms with van der Waals surface area (Å²) < 4.78 is 10.7. The van der Waals surface area contributed by atoms with E-state index in [1.54, 1.807) is 29.2 Å². The summed E-state index contributed by atoms with van der Waals surface area (Å²) in [5, 5.41) is 2.51. The van der Waals surface area contributed by atoms with Crippen molar-refractivity contribution in [1.82, 2.24) is 10.2 Å². The van der Waals surface area contributed by atoms with Crippen molar-refractivity contribution >= 4 is 17.8 Å². The first-order chi connectivity index (χ1) is 14.9. The summed E-state index contributed by atoms with van der Waals surface area (Å²) in [6, 6.07) is 16.2. The van der Waals surface area contributed by atoms with Gasteiger partial charge in [-0.2, -0.15) is 0 Å². The van der Waals surface area contributed by atoms with Gasteiger partial charge in [0.2, 0.25) is 0 Å². The zero-order valence-electron chi connectivity index (χ0n) is 17.9. The highest BCUT2D eigenvalue weighted by Gasteiger charge is 2.29. The molecule has 31 heavy (non-hydrogen) atoms. The van der Waals surface area contributed by atoms with Crippen LogP contribution in [0.15, 0.2) is 54.6 Å². The number of piperidine rings is 1. The van der Waals surface area contributed by atoms with E-state index in [1.165, 1.54) is 0 Å². The van der Waals surface area contributed by atoms with Gasteiger partial charge in [0.1, 0.15) is 18.0 Å². The predicted octanol–water partition coefficient (Wildman–Crippen LogP) is 3.54. The summed E-state index contributed by atoms with van der Waals surface area (Å²) in [6.45, 7) is 3.39. The molecule has 2 aromatic rings. The first-order valence-corrected chi connectivity index (χ1v) is 10.5. The van der Waals surface area contributed by atoms with Crippen molar-refractivity contribution in [3.05, 3.63) is 60.2 Å². The van der Waals surface area contributed by atoms with Crippen LogP contribution in [0.1, 0.15) is 43.5 Å². The topological polar surface area (TPSA) is 84.9 Å². The fourth-order valence-electron chi connectivity index (χ4n) is 3.73. The van der Waals surface area contributed by atoms with Gasteiger partial charge in [-0.05, 0) is 69.5 Å². The molecule has 2 aromatic carbocycles. The van der Waals surface area contributed by atoms with Crippen molar-refractivity contribution in [2.75, 3.05) is 13.2 Å². The summed E-state index contributed by atoms with van der Waals surface area (Å²) in [5.74, 6) is 0.0383. The third kappa shape index (κ3) is 6.31. The van der Waals surface area contributed by atoms with E-state index in [4.69, 9.17) is 9.47 Å². The van der Waals surface area contributed by atoms with Gasteiger partial charge in [0.05, 0.1) is 0 Å². The van der Waals surface area contributed by atoms with Crippen LogP contribution in [0.5, 0.6) is 11.5 Å². The van der Waals surface area contributed by atoms with E-state index >= 15 is 0 Å². The van der Waals surface area contributed by atoms with E-state index in [9.17, 15) is 14.4 Å². The zero-order chi connectivity index (χ0) is 22.2. The van der Waals surface area contributed by atoms with Gasteiger partial charge in [-0.25, -0.2) is 0 Å². The summed E-state index contributed by atoms with van der Waals surface area (Å²) in [4.78, 5) is 38.4. The highest BCUT2D eigenvalue weighted by atomic mass is 16.5. The highest BCUT2D eigenvalue weighted by molar-refractivity contribution is 5.96. The third-order valence-corrected chi connectivity index (χ3v) is 5.33. The fraction of sp³-hybridized carbons (Fsp3) is 0.375. The molecule has 0 unspecified atom stereocenters. The summed E-state index contributed by atoms with van der Waals surface area (Å²) in [5.41, 5.74) is 0.389. The maximum atomic E-state index is 12.4. The lowest BCUT2D eigenvalue weighted by atomic mass is 9.97. The van der Waals surface area contributed by atoms with Gasteiger partial charge < -0.3 is 19.7 Å². The Morgan fingerprint density at radius 1 is 0.935 bits per heavy atom. The number of likely N-dealkylation sites (tertiary alicyclic amines) is 1. The van der Waals surface area contributed by atoms with Crippen LogP contribution < -0.4 is 10.1 Å². The minimum Gasteiger partial charge on any atom is -0.457 e. The second-order valence-corrected chi connectivity index (χ2v) is 7.71. The molecule has 1 fully saturated rings. The number of rotatable bonds is 7. The van der Waals surface area contributed by atoms with Crippen LogP contribution in [-0.2, 0) is 14.3 Å². The molecule has 1 heterocycles. The molecule has 3 rings (SSSR count). The molecule has 0 aliphatic carbocycles. The number of carbonyl (C=O) groups excluding carboxylic acids is 3. The lowest BCUT2D eigenvalue weighted by Crippen LogP contribution is -2.49. The SMILES string of the molecule is C[C@H]1CCC[C@H](C)N1C(=O)COC(=O)CNC(=O)c1ccc(Oc2ccccc2)cc1. The monoisotopic (exact) mass is 424 g/mol. The minimum absolute atomic E-state index is 0.142. The standard InChI is InChI=1S/C24H28N2O5/c1-17-7-6-8-18(2)26(17)22(27)16-30-23(28)15-25-24(29)19-11-13-21(14-12-19)31-20-9-4-3-5-10-20/h3-5,9-14,17-18H,6-8,15-16H2,1-2H3,(H,25,29)/t17-,18-/m0/s1. The molecule has 0 saturated carbocycles. The molecule has 0 radical (unpaired) electrons. The van der Waals surface area contributed by atoms with Crippen molar-refractivity contribution in [3.8, 4) is 11.5 Å². The number of amides is 2. The van der Waals surface area contributed by atoms with Crippen LogP contribution in [0.3, 0.4) is 0 Å². The molecule has 2 atom stereocenters. The second kappa shape index (κ2) is 10.6. The van der Waals surface area contributed by atoms with E-state index in [-0.39, 0.29) is 31.1 Å². The maximum Gasteiger partial charge on any atom is 0.325 e. The van der Waals surface area contributed by atoms with E-state index in [2.05, 4.69) is 5.32 Å². The normalized spacial score (nSPS) is 18.2. The number of para-hydroxylation sites is 1. The summed E-state index contributed by atoms with van der Waals surface area (Å²) in [6.07, 6.45) is 3.00. The Hall–Kier alpha value is -3.35. The predicted molar refractivity (Wildman–Crippen MR) is 116 cm³/mol. The third-order valence-electron chi connectivity index (χ3n) is 5.33. The van der Waals surface area contributed by atoms with Gasteiger partial charge in [-0.1, -0.05) is 18.2 Å². The van der Waals surface area contributed by atoms with E-state index in [0.29, 0.717) is 17.1 Å². The zero-order valence-corrected chi connectivity index (χ0v) is 17.9. The number of esters is 1. The molecule has 164 valence electrons. The molecule has 2 amide bonds. The van der Waals surface area contributed by atoms with E-state index in [1.807, 2.05) is 44.2 Å². The second-order valence-electron chi connectivity index (χ2n) is 7.71. The Kier molecular flexibility index (Phi) is 7.65. The quantitative estimate of drug-likeness (QED) is 0.687. The minimum atomic E-state index is -0.650. The highest BCUT2D eigenvalue weighted by Crippen LogP contribution is 2.23. The molecule has 1 saturated heterocycles. The largest absolute Gasteiger partial charge is 0.457 e. The number of nitrogens with zero attached hydrogens (tertiary/aromatic N) is 1. The van der Waals surface area contributed by atoms with Gasteiger partial charge in [0, 0.05) is 17.6 Å². The molecular formula is C24H28N2O5. The fourth-order valence-corrected chi connectivity index (χ4v) is 3.73. The smallest absolute Gasteiger partial charge is 0.325 e. The van der Waals surface area contributed by atoms with E-state index < -0.39 is 11.9 Å². The Labute approximate surface area is 182 Å². The lowest BCUT2D eigenvalue weighted by molar-refractivity contribution is -0.154. The Balaban J connectivity index is 1.42. The van der Waals surface area contributed by atoms with Crippen molar-refractivity contribution in [2.45, 2.75) is 45.2 Å². The van der Waals surface area contributed by atoms with Crippen LogP contribution in [-0.4, -0.2) is 47.9 Å². The van der Waals surface area contributed by atoms with Crippen molar-refractivity contribution < 1.29 is 23.9 Å². The number of carbonyl (C=O) groups is 3. The van der Waals surface area contributed by atoms with Crippen molar-refractivity contribution in [3.63, 3.8) is 0 Å². The van der Waals surface area contributed by atoms with Gasteiger partial charge >= 0.3 is 5.97 Å². The molecule has 0 spiro atoms. The summed E-state index contributed by atoms with van der Waals surface area (Å²) in [7, 11) is 0. The van der Waals surface area contributed by atoms with Gasteiger partial charge in [0.15, 0.2) is 6.61 Å². The average Bonchev–Trinajstić information content (AvgIpc) is 2.77. The van der Waals surface area contributed by atoms with Crippen LogP contribution >= 0.6 is 0 Å². The molecule has 7 nitrogen and oxygen atoms in total. The molecule has 1 aliphatic rings. The number of hydrogen-bond acceptors (Lipinski definition) is 5. The van der Waals surface area contributed by atoms with Crippen molar-refractivity contribution in [2.24, 2.45) is 0 Å². The molecule has 1 aliphatic heterocycles. The lowest BCUT2D eigenvalue weighted by Gasteiger charge is -2.38. The summed E-state index contributed by atoms with van der Waals surface area (Å²) >= 11 is 0.